The van der Waals surface area contributed by atoms with Crippen molar-refractivity contribution in [1.29, 1.82) is 0 Å². The molecule has 0 bridgehead atoms. The molecule has 2 atom stereocenters. The summed E-state index contributed by atoms with van der Waals surface area (Å²) < 4.78 is 10.9. The van der Waals surface area contributed by atoms with Gasteiger partial charge < -0.3 is 14.2 Å². The van der Waals surface area contributed by atoms with Crippen LogP contribution in [0.5, 0.6) is 0 Å². The van der Waals surface area contributed by atoms with Crippen molar-refractivity contribution in [3.8, 4) is 0 Å². The number of nitrogens with zero attached hydrogens (tertiary/aromatic N) is 4. The van der Waals surface area contributed by atoms with Crippen molar-refractivity contribution in [3.05, 3.63) is 11.7 Å². The van der Waals surface area contributed by atoms with Gasteiger partial charge in [0.25, 0.3) is 5.91 Å². The first-order valence-electron chi connectivity index (χ1n) is 8.70. The maximum Gasteiger partial charge on any atom is 0.251 e. The number of carbonyl (C=O) groups excluding carboxylic acids is 1. The molecule has 2 unspecified atom stereocenters. The molecule has 126 valence electrons. The van der Waals surface area contributed by atoms with Crippen molar-refractivity contribution in [3.63, 3.8) is 0 Å². The van der Waals surface area contributed by atoms with Crippen LogP contribution in [-0.4, -0.2) is 64.7 Å². The Morgan fingerprint density at radius 1 is 1.22 bits per heavy atom. The Balaban J connectivity index is 1.32. The van der Waals surface area contributed by atoms with Crippen molar-refractivity contribution in [2.75, 3.05) is 32.8 Å². The lowest BCUT2D eigenvalue weighted by atomic mass is 10.2. The zero-order valence-corrected chi connectivity index (χ0v) is 13.6. The zero-order chi connectivity index (χ0) is 15.8. The van der Waals surface area contributed by atoms with Crippen LogP contribution in [0.4, 0.5) is 0 Å². The second-order valence-corrected chi connectivity index (χ2v) is 6.80. The second kappa shape index (κ2) is 6.20. The van der Waals surface area contributed by atoms with E-state index in [9.17, 15) is 4.79 Å². The summed E-state index contributed by atoms with van der Waals surface area (Å²) >= 11 is 0. The first kappa shape index (κ1) is 15.1. The van der Waals surface area contributed by atoms with Crippen LogP contribution >= 0.6 is 0 Å². The van der Waals surface area contributed by atoms with Crippen LogP contribution in [0.2, 0.25) is 0 Å². The quantitative estimate of drug-likeness (QED) is 0.833. The van der Waals surface area contributed by atoms with Gasteiger partial charge in [-0.2, -0.15) is 4.98 Å². The predicted octanol–water partition coefficient (Wildman–Crippen LogP) is 1.33. The molecule has 0 N–H and O–H groups in total. The summed E-state index contributed by atoms with van der Waals surface area (Å²) in [6, 6.07) is 0.106. The van der Waals surface area contributed by atoms with E-state index >= 15 is 0 Å². The Kier molecular flexibility index (Phi) is 4.07. The maximum atomic E-state index is 12.4. The van der Waals surface area contributed by atoms with Gasteiger partial charge in [-0.25, -0.2) is 0 Å². The molecule has 0 spiro atoms. The smallest absolute Gasteiger partial charge is 0.251 e. The van der Waals surface area contributed by atoms with Gasteiger partial charge in [0, 0.05) is 38.7 Å². The van der Waals surface area contributed by atoms with Gasteiger partial charge in [0.05, 0.1) is 6.04 Å². The first-order valence-corrected chi connectivity index (χ1v) is 8.70. The largest absolute Gasteiger partial charge is 0.368 e. The Bertz CT molecular complexity index is 557. The fourth-order valence-corrected chi connectivity index (χ4v) is 3.39. The average Bonchev–Trinajstić information content (AvgIpc) is 3.10. The minimum atomic E-state index is -0.212. The number of hydrogen-bond acceptors (Lipinski definition) is 6. The molecule has 0 aromatic carbocycles. The number of aromatic nitrogens is 2. The minimum Gasteiger partial charge on any atom is -0.368 e. The third-order valence-electron chi connectivity index (χ3n) is 5.14. The SMILES string of the molecule is CC(c1nc(C2CC2)no1)N1CCN(C(=O)C2CCCO2)CC1. The average molecular weight is 320 g/mol. The number of piperazine rings is 1. The number of ether oxygens (including phenoxy) is 1. The zero-order valence-electron chi connectivity index (χ0n) is 13.6. The monoisotopic (exact) mass is 320 g/mol. The summed E-state index contributed by atoms with van der Waals surface area (Å²) in [6.07, 6.45) is 4.00. The molecule has 3 fully saturated rings. The van der Waals surface area contributed by atoms with E-state index in [4.69, 9.17) is 9.26 Å². The molecule has 7 heteroatoms. The molecule has 2 saturated heterocycles. The Hall–Kier alpha value is -1.47. The highest BCUT2D eigenvalue weighted by Crippen LogP contribution is 2.38. The van der Waals surface area contributed by atoms with E-state index in [1.165, 1.54) is 12.8 Å². The normalized spacial score (nSPS) is 27.3. The van der Waals surface area contributed by atoms with Gasteiger partial charge in [-0.1, -0.05) is 5.16 Å². The Labute approximate surface area is 136 Å². The summed E-state index contributed by atoms with van der Waals surface area (Å²) in [6.45, 7) is 5.97. The lowest BCUT2D eigenvalue weighted by Crippen LogP contribution is -2.51. The summed E-state index contributed by atoms with van der Waals surface area (Å²) in [5.41, 5.74) is 0. The molecular weight excluding hydrogens is 296 g/mol. The highest BCUT2D eigenvalue weighted by Gasteiger charge is 2.34. The highest BCUT2D eigenvalue weighted by molar-refractivity contribution is 5.81. The molecule has 2 aliphatic heterocycles. The molecule has 1 aromatic rings. The van der Waals surface area contributed by atoms with Crippen LogP contribution in [0.15, 0.2) is 4.52 Å². The molecule has 0 radical (unpaired) electrons. The van der Waals surface area contributed by atoms with Crippen LogP contribution in [-0.2, 0) is 9.53 Å². The van der Waals surface area contributed by atoms with Gasteiger partial charge >= 0.3 is 0 Å². The van der Waals surface area contributed by atoms with Crippen LogP contribution < -0.4 is 0 Å². The third kappa shape index (κ3) is 3.12. The fraction of sp³-hybridized carbons (Fsp3) is 0.812. The van der Waals surface area contributed by atoms with Gasteiger partial charge in [-0.15, -0.1) is 0 Å². The van der Waals surface area contributed by atoms with Gasteiger partial charge in [-0.3, -0.25) is 9.69 Å². The molecule has 1 aliphatic carbocycles. The van der Waals surface area contributed by atoms with Gasteiger partial charge in [0.2, 0.25) is 5.89 Å². The molecule has 7 nitrogen and oxygen atoms in total. The topological polar surface area (TPSA) is 71.7 Å². The van der Waals surface area contributed by atoms with E-state index in [1.807, 2.05) is 4.90 Å². The fourth-order valence-electron chi connectivity index (χ4n) is 3.39. The first-order chi connectivity index (χ1) is 11.2. The maximum absolute atomic E-state index is 12.4. The van der Waals surface area contributed by atoms with Crippen molar-refractivity contribution < 1.29 is 14.1 Å². The van der Waals surface area contributed by atoms with E-state index in [0.717, 1.165) is 44.8 Å². The summed E-state index contributed by atoms with van der Waals surface area (Å²) in [5.74, 6) is 2.23. The summed E-state index contributed by atoms with van der Waals surface area (Å²) in [7, 11) is 0. The number of rotatable bonds is 4. The van der Waals surface area contributed by atoms with E-state index in [-0.39, 0.29) is 18.1 Å². The van der Waals surface area contributed by atoms with Crippen molar-refractivity contribution in [1.82, 2.24) is 19.9 Å². The van der Waals surface area contributed by atoms with Crippen LogP contribution in [0.3, 0.4) is 0 Å². The number of hydrogen-bond donors (Lipinski definition) is 0. The van der Waals surface area contributed by atoms with Crippen LogP contribution in [0, 0.1) is 0 Å². The van der Waals surface area contributed by atoms with E-state index < -0.39 is 0 Å². The van der Waals surface area contributed by atoms with Crippen molar-refractivity contribution >= 4 is 5.91 Å². The van der Waals surface area contributed by atoms with E-state index in [0.29, 0.717) is 18.4 Å². The standard InChI is InChI=1S/C16H24N4O3/c1-11(15-17-14(18-23-15)12-4-5-12)19-6-8-20(9-7-19)16(21)13-3-2-10-22-13/h11-13H,2-10H2,1H3. The Morgan fingerprint density at radius 2 is 2.00 bits per heavy atom. The third-order valence-corrected chi connectivity index (χ3v) is 5.14. The van der Waals surface area contributed by atoms with Gasteiger partial charge in [0.15, 0.2) is 5.82 Å². The molecule has 23 heavy (non-hydrogen) atoms. The van der Waals surface area contributed by atoms with Crippen LogP contribution in [0.1, 0.15) is 56.3 Å². The minimum absolute atomic E-state index is 0.106. The lowest BCUT2D eigenvalue weighted by molar-refractivity contribution is -0.143. The van der Waals surface area contributed by atoms with Crippen molar-refractivity contribution in [2.24, 2.45) is 0 Å². The van der Waals surface area contributed by atoms with Gasteiger partial charge in [0.1, 0.15) is 6.10 Å². The molecule has 1 saturated carbocycles. The molecule has 4 rings (SSSR count). The van der Waals surface area contributed by atoms with Crippen LogP contribution in [0.25, 0.3) is 0 Å². The molecule has 3 aliphatic rings. The van der Waals surface area contributed by atoms with E-state index in [2.05, 4.69) is 22.0 Å². The van der Waals surface area contributed by atoms with Crippen molar-refractivity contribution in [2.45, 2.75) is 50.7 Å². The molecule has 1 amide bonds. The lowest BCUT2D eigenvalue weighted by Gasteiger charge is -2.37. The van der Waals surface area contributed by atoms with Gasteiger partial charge in [-0.05, 0) is 32.6 Å². The highest BCUT2D eigenvalue weighted by atomic mass is 16.5. The number of amides is 1. The van der Waals surface area contributed by atoms with E-state index in [1.54, 1.807) is 0 Å². The summed E-state index contributed by atoms with van der Waals surface area (Å²) in [5, 5.41) is 4.10. The number of carbonyl (C=O) groups is 1. The predicted molar refractivity (Wildman–Crippen MR) is 81.8 cm³/mol. The summed E-state index contributed by atoms with van der Waals surface area (Å²) in [4.78, 5) is 21.2. The molecule has 3 heterocycles. The second-order valence-electron chi connectivity index (χ2n) is 6.80. The molecule has 1 aromatic heterocycles. The molecular formula is C16H24N4O3. The Morgan fingerprint density at radius 3 is 2.65 bits per heavy atom.